The lowest BCUT2D eigenvalue weighted by Gasteiger charge is -2.25. The Balaban J connectivity index is 1.81. The average Bonchev–Trinajstić information content (AvgIpc) is 3.26. The number of pyridine rings is 1. The van der Waals surface area contributed by atoms with Crippen LogP contribution in [0.15, 0.2) is 22.1 Å². The molecule has 1 aliphatic carbocycles. The molecule has 2 N–H and O–H groups in total. The third kappa shape index (κ3) is 2.75. The first-order valence-electron chi connectivity index (χ1n) is 9.44. The van der Waals surface area contributed by atoms with Crippen molar-refractivity contribution in [3.05, 3.63) is 45.9 Å². The number of anilines is 2. The molecule has 4 rings (SSSR count). The van der Waals surface area contributed by atoms with Gasteiger partial charge in [-0.25, -0.2) is 4.98 Å². The predicted octanol–water partition coefficient (Wildman–Crippen LogP) is 4.28. The van der Waals surface area contributed by atoms with E-state index in [4.69, 9.17) is 10.2 Å². The summed E-state index contributed by atoms with van der Waals surface area (Å²) >= 11 is 0. The van der Waals surface area contributed by atoms with Gasteiger partial charge in [-0.3, -0.25) is 0 Å². The largest absolute Gasteiger partial charge is 0.441 e. The van der Waals surface area contributed by atoms with Crippen molar-refractivity contribution in [2.24, 2.45) is 0 Å². The molecule has 1 aliphatic heterocycles. The van der Waals surface area contributed by atoms with Crippen LogP contribution in [0.4, 0.5) is 11.7 Å². The summed E-state index contributed by atoms with van der Waals surface area (Å²) in [6.45, 7) is 5.76. The lowest BCUT2D eigenvalue weighted by molar-refractivity contribution is 0.496. The summed E-state index contributed by atoms with van der Waals surface area (Å²) in [4.78, 5) is 6.62. The van der Waals surface area contributed by atoms with Crippen molar-refractivity contribution < 1.29 is 4.42 Å². The number of nitrogen functional groups attached to an aromatic ring is 1. The van der Waals surface area contributed by atoms with Gasteiger partial charge >= 0.3 is 0 Å². The predicted molar refractivity (Wildman–Crippen MR) is 109 cm³/mol. The van der Waals surface area contributed by atoms with Crippen molar-refractivity contribution in [3.63, 3.8) is 0 Å². The number of allylic oxidation sites excluding steroid dienone is 3. The van der Waals surface area contributed by atoms with Gasteiger partial charge in [0.05, 0.1) is 16.8 Å². The van der Waals surface area contributed by atoms with Crippen molar-refractivity contribution in [1.29, 1.82) is 10.5 Å². The van der Waals surface area contributed by atoms with Crippen LogP contribution in [0.2, 0.25) is 0 Å². The molecule has 0 unspecified atom stereocenters. The Morgan fingerprint density at radius 1 is 1.14 bits per heavy atom. The van der Waals surface area contributed by atoms with Crippen LogP contribution in [0.25, 0.3) is 17.2 Å². The van der Waals surface area contributed by atoms with Crippen LogP contribution < -0.4 is 10.6 Å². The fourth-order valence-corrected chi connectivity index (χ4v) is 4.04. The molecule has 1 fully saturated rings. The summed E-state index contributed by atoms with van der Waals surface area (Å²) in [5.74, 6) is 1.75. The van der Waals surface area contributed by atoms with Crippen LogP contribution in [0, 0.1) is 29.6 Å². The summed E-state index contributed by atoms with van der Waals surface area (Å²) in [6.07, 6.45) is 5.56. The number of hydrogen-bond donors (Lipinski definition) is 1. The van der Waals surface area contributed by atoms with Crippen LogP contribution >= 0.6 is 0 Å². The zero-order valence-electron chi connectivity index (χ0n) is 16.0. The highest BCUT2D eigenvalue weighted by atomic mass is 16.4. The molecule has 2 aromatic heterocycles. The lowest BCUT2D eigenvalue weighted by atomic mass is 9.96. The number of aromatic nitrogens is 1. The zero-order chi connectivity index (χ0) is 19.8. The van der Waals surface area contributed by atoms with Crippen LogP contribution in [0.5, 0.6) is 0 Å². The van der Waals surface area contributed by atoms with Crippen LogP contribution in [-0.2, 0) is 0 Å². The second-order valence-electron chi connectivity index (χ2n) is 7.23. The van der Waals surface area contributed by atoms with Gasteiger partial charge in [0.15, 0.2) is 5.88 Å². The zero-order valence-corrected chi connectivity index (χ0v) is 16.0. The molecule has 0 atom stereocenters. The van der Waals surface area contributed by atoms with E-state index in [1.807, 2.05) is 32.1 Å². The van der Waals surface area contributed by atoms with Gasteiger partial charge in [0, 0.05) is 24.7 Å². The molecule has 0 radical (unpaired) electrons. The minimum Gasteiger partial charge on any atom is -0.441 e. The molecule has 2 aliphatic rings. The smallest absolute Gasteiger partial charge is 0.196 e. The summed E-state index contributed by atoms with van der Waals surface area (Å²) in [5.41, 5.74) is 10.5. The molecule has 0 saturated carbocycles. The number of fused-ring (bicyclic) bond motifs is 1. The van der Waals surface area contributed by atoms with Crippen molar-refractivity contribution in [1.82, 2.24) is 4.98 Å². The standard InChI is InChI=1S/C22H21N5O/c1-13-16(10-15-6-7-19(28-15)27-8-4-3-5-9-27)20-14(2)18(12-24)22(25)26-21(20)17(13)11-23/h6-7,10H,3-5,8-9H2,1-2H3,(H2,25,26)/b16-10-. The Kier molecular flexibility index (Phi) is 4.41. The number of hydrogen-bond acceptors (Lipinski definition) is 6. The molecule has 6 nitrogen and oxygen atoms in total. The number of piperidine rings is 1. The minimum absolute atomic E-state index is 0.158. The fourth-order valence-electron chi connectivity index (χ4n) is 4.04. The van der Waals surface area contributed by atoms with E-state index in [0.29, 0.717) is 16.8 Å². The second-order valence-corrected chi connectivity index (χ2v) is 7.23. The van der Waals surface area contributed by atoms with E-state index < -0.39 is 0 Å². The van der Waals surface area contributed by atoms with Gasteiger partial charge in [-0.1, -0.05) is 0 Å². The maximum absolute atomic E-state index is 9.64. The van der Waals surface area contributed by atoms with Crippen LogP contribution in [-0.4, -0.2) is 18.1 Å². The summed E-state index contributed by atoms with van der Waals surface area (Å²) in [5, 5.41) is 19.1. The quantitative estimate of drug-likeness (QED) is 0.845. The molecule has 2 aromatic rings. The lowest BCUT2D eigenvalue weighted by Crippen LogP contribution is -2.28. The van der Waals surface area contributed by atoms with E-state index in [9.17, 15) is 10.5 Å². The average molecular weight is 371 g/mol. The molecule has 3 heterocycles. The maximum Gasteiger partial charge on any atom is 0.196 e. The van der Waals surface area contributed by atoms with E-state index in [1.54, 1.807) is 0 Å². The van der Waals surface area contributed by atoms with Crippen molar-refractivity contribution in [2.75, 3.05) is 23.7 Å². The summed E-state index contributed by atoms with van der Waals surface area (Å²) in [6, 6.07) is 8.30. The van der Waals surface area contributed by atoms with Gasteiger partial charge in [-0.2, -0.15) is 10.5 Å². The minimum atomic E-state index is 0.158. The van der Waals surface area contributed by atoms with E-state index in [-0.39, 0.29) is 5.82 Å². The normalized spacial score (nSPS) is 17.6. The highest BCUT2D eigenvalue weighted by Crippen LogP contribution is 2.44. The Hall–Kier alpha value is -3.51. The second kappa shape index (κ2) is 6.90. The van der Waals surface area contributed by atoms with Gasteiger partial charge in [0.1, 0.15) is 23.7 Å². The fraction of sp³-hybridized carbons (Fsp3) is 0.318. The third-order valence-electron chi connectivity index (χ3n) is 5.55. The SMILES string of the molecule is CC1=C(C#N)c2nc(N)c(C#N)c(C)c2/C1=C\c1ccc(N2CCCCC2)o1. The Labute approximate surface area is 164 Å². The Morgan fingerprint density at radius 3 is 2.57 bits per heavy atom. The molecule has 28 heavy (non-hydrogen) atoms. The van der Waals surface area contributed by atoms with Crippen LogP contribution in [0.3, 0.4) is 0 Å². The number of nitrogens with two attached hydrogens (primary N) is 1. The van der Waals surface area contributed by atoms with Crippen LogP contribution in [0.1, 0.15) is 54.3 Å². The topological polar surface area (TPSA) is 103 Å². The van der Waals surface area contributed by atoms with Crippen molar-refractivity contribution in [2.45, 2.75) is 33.1 Å². The maximum atomic E-state index is 9.64. The Bertz CT molecular complexity index is 1100. The molecule has 6 heteroatoms. The molecule has 1 saturated heterocycles. The molecule has 0 aromatic carbocycles. The highest BCUT2D eigenvalue weighted by molar-refractivity contribution is 6.08. The van der Waals surface area contributed by atoms with Gasteiger partial charge in [-0.05, 0) is 62.0 Å². The van der Waals surface area contributed by atoms with Crippen molar-refractivity contribution >= 4 is 28.9 Å². The van der Waals surface area contributed by atoms with Gasteiger partial charge in [0.2, 0.25) is 0 Å². The van der Waals surface area contributed by atoms with Gasteiger partial charge in [0.25, 0.3) is 0 Å². The number of rotatable bonds is 2. The monoisotopic (exact) mass is 371 g/mol. The summed E-state index contributed by atoms with van der Waals surface area (Å²) < 4.78 is 6.07. The first-order chi connectivity index (χ1) is 13.5. The van der Waals surface area contributed by atoms with E-state index >= 15 is 0 Å². The number of nitrogens with zero attached hydrogens (tertiary/aromatic N) is 4. The molecular weight excluding hydrogens is 350 g/mol. The molecular formula is C22H21N5O. The highest BCUT2D eigenvalue weighted by Gasteiger charge is 2.30. The van der Waals surface area contributed by atoms with Gasteiger partial charge < -0.3 is 15.1 Å². The van der Waals surface area contributed by atoms with E-state index in [2.05, 4.69) is 22.0 Å². The van der Waals surface area contributed by atoms with E-state index in [1.165, 1.54) is 19.3 Å². The first-order valence-corrected chi connectivity index (χ1v) is 9.44. The molecule has 0 spiro atoms. The van der Waals surface area contributed by atoms with Gasteiger partial charge in [-0.15, -0.1) is 0 Å². The number of furan rings is 1. The third-order valence-corrected chi connectivity index (χ3v) is 5.55. The molecule has 0 bridgehead atoms. The molecule has 0 amide bonds. The summed E-state index contributed by atoms with van der Waals surface area (Å²) in [7, 11) is 0. The number of nitriles is 2. The molecule has 140 valence electrons. The Morgan fingerprint density at radius 2 is 1.89 bits per heavy atom. The first kappa shape index (κ1) is 17.9. The van der Waals surface area contributed by atoms with E-state index in [0.717, 1.165) is 47.0 Å². The van der Waals surface area contributed by atoms with Crippen molar-refractivity contribution in [3.8, 4) is 12.1 Å².